The monoisotopic (exact) mass is 628 g/mol. The van der Waals surface area contributed by atoms with E-state index in [0.717, 1.165) is 24.3 Å². The molecule has 1 atom stereocenters. The van der Waals surface area contributed by atoms with E-state index in [4.69, 9.17) is 25.8 Å². The zero-order chi connectivity index (χ0) is 32.3. The van der Waals surface area contributed by atoms with Gasteiger partial charge in [0.25, 0.3) is 0 Å². The zero-order valence-corrected chi connectivity index (χ0v) is 27.1. The van der Waals surface area contributed by atoms with Crippen molar-refractivity contribution in [2.24, 2.45) is 0 Å². The molecule has 45 heavy (non-hydrogen) atoms. The number of carbonyl (C=O) groups excluding carboxylic acids is 1. The predicted molar refractivity (Wildman–Crippen MR) is 175 cm³/mol. The highest BCUT2D eigenvalue weighted by Gasteiger charge is 2.39. The Morgan fingerprint density at radius 2 is 2.00 bits per heavy atom. The molecule has 11 heteroatoms. The number of nitriles is 1. The predicted octanol–water partition coefficient (Wildman–Crippen LogP) is 7.10. The number of halogens is 1. The minimum absolute atomic E-state index is 0.0234. The number of nitrogens with one attached hydrogen (secondary N) is 1. The number of nitrogens with zero attached hydrogens (tertiary/aromatic N) is 5. The fraction of sp³-hybridized carbons (Fsp3) is 0.353. The van der Waals surface area contributed by atoms with Crippen LogP contribution in [-0.4, -0.2) is 64.2 Å². The van der Waals surface area contributed by atoms with Crippen LogP contribution < -0.4 is 19.5 Å². The fourth-order valence-corrected chi connectivity index (χ4v) is 5.81. The first kappa shape index (κ1) is 31.8. The number of amides is 1. The smallest absolute Gasteiger partial charge is 0.415 e. The van der Waals surface area contributed by atoms with E-state index < -0.39 is 6.09 Å². The Hall–Kier alpha value is -4.59. The molecule has 3 heterocycles. The van der Waals surface area contributed by atoms with Crippen LogP contribution in [0.5, 0.6) is 17.2 Å². The summed E-state index contributed by atoms with van der Waals surface area (Å²) >= 11 is 6.66. The highest BCUT2D eigenvalue weighted by molar-refractivity contribution is 6.33. The normalized spacial score (nSPS) is 16.2. The SMILES string of the molecule is CCN1C[C@H](C)N(C(=O)Oc2cc3ncc(C#N)c(Nc4ccc(OCc5ncccc5C)cc4Cl)c3cc2OC)CC1(C)C. The number of methoxy groups -OCH3 is 1. The van der Waals surface area contributed by atoms with Gasteiger partial charge in [0, 0.05) is 54.6 Å². The van der Waals surface area contributed by atoms with Crippen molar-refractivity contribution in [1.82, 2.24) is 19.8 Å². The lowest BCUT2D eigenvalue weighted by Crippen LogP contribution is -2.64. The van der Waals surface area contributed by atoms with Gasteiger partial charge in [0.1, 0.15) is 18.4 Å². The van der Waals surface area contributed by atoms with Crippen molar-refractivity contribution in [3.63, 3.8) is 0 Å². The summed E-state index contributed by atoms with van der Waals surface area (Å²) in [5.41, 5.74) is 3.56. The van der Waals surface area contributed by atoms with Crippen LogP contribution in [0.4, 0.5) is 16.2 Å². The first-order valence-electron chi connectivity index (χ1n) is 14.8. The number of piperazine rings is 1. The lowest BCUT2D eigenvalue weighted by atomic mass is 9.96. The maximum atomic E-state index is 13.4. The molecule has 0 spiro atoms. The summed E-state index contributed by atoms with van der Waals surface area (Å²) in [5, 5.41) is 14.2. The number of ether oxygens (including phenoxy) is 3. The minimum atomic E-state index is -0.455. The average molecular weight is 629 g/mol. The van der Waals surface area contributed by atoms with E-state index in [1.165, 1.54) is 13.3 Å². The van der Waals surface area contributed by atoms with Crippen molar-refractivity contribution in [2.75, 3.05) is 32.1 Å². The van der Waals surface area contributed by atoms with Gasteiger partial charge in [-0.3, -0.25) is 14.9 Å². The molecule has 234 valence electrons. The number of likely N-dealkylation sites (N-methyl/N-ethyl adjacent to an activating group) is 1. The minimum Gasteiger partial charge on any atom is -0.493 e. The van der Waals surface area contributed by atoms with Crippen molar-refractivity contribution in [3.8, 4) is 23.3 Å². The van der Waals surface area contributed by atoms with Crippen LogP contribution in [0.1, 0.15) is 44.5 Å². The second-order valence-electron chi connectivity index (χ2n) is 11.7. The molecule has 0 aliphatic carbocycles. The van der Waals surface area contributed by atoms with Crippen molar-refractivity contribution in [2.45, 2.75) is 52.8 Å². The summed E-state index contributed by atoms with van der Waals surface area (Å²) in [6, 6.07) is 14.7. The molecule has 1 N–H and O–H groups in total. The highest BCUT2D eigenvalue weighted by Crippen LogP contribution is 2.39. The second-order valence-corrected chi connectivity index (χ2v) is 12.1. The Balaban J connectivity index is 1.40. The summed E-state index contributed by atoms with van der Waals surface area (Å²) in [6.07, 6.45) is 2.75. The second kappa shape index (κ2) is 13.2. The molecule has 2 aromatic heterocycles. The molecule has 1 amide bonds. The molecule has 5 rings (SSSR count). The summed E-state index contributed by atoms with van der Waals surface area (Å²) in [6.45, 7) is 12.9. The maximum Gasteiger partial charge on any atom is 0.415 e. The van der Waals surface area contributed by atoms with Crippen molar-refractivity contribution < 1.29 is 19.0 Å². The number of hydrogen-bond donors (Lipinski definition) is 1. The van der Waals surface area contributed by atoms with E-state index in [1.807, 2.05) is 26.0 Å². The quantitative estimate of drug-likeness (QED) is 0.218. The third-order valence-corrected chi connectivity index (χ3v) is 8.52. The van der Waals surface area contributed by atoms with E-state index in [-0.39, 0.29) is 17.3 Å². The zero-order valence-electron chi connectivity index (χ0n) is 26.3. The van der Waals surface area contributed by atoms with Gasteiger partial charge in [0.05, 0.1) is 40.3 Å². The van der Waals surface area contributed by atoms with Gasteiger partial charge in [-0.15, -0.1) is 0 Å². The van der Waals surface area contributed by atoms with Crippen molar-refractivity contribution in [1.29, 1.82) is 5.26 Å². The van der Waals surface area contributed by atoms with Gasteiger partial charge >= 0.3 is 6.09 Å². The van der Waals surface area contributed by atoms with Crippen LogP contribution in [0.25, 0.3) is 10.9 Å². The standard InChI is InChI=1S/C34H37ClN6O4/c1-7-40-18-22(3)41(20-34(40,4)5)33(42)45-31-15-28-25(14-30(31)43-6)32(23(16-36)17-38-28)39-27-11-10-24(13-26(27)35)44-19-29-21(2)9-8-12-37-29/h8-15,17,22H,7,18-20H2,1-6H3,(H,38,39)/t22-/m0/s1. The Morgan fingerprint density at radius 1 is 1.20 bits per heavy atom. The van der Waals surface area contributed by atoms with E-state index in [0.29, 0.717) is 57.5 Å². The molecule has 0 unspecified atom stereocenters. The average Bonchev–Trinajstić information content (AvgIpc) is 3.02. The molecule has 0 bridgehead atoms. The number of anilines is 2. The van der Waals surface area contributed by atoms with E-state index in [2.05, 4.69) is 47.0 Å². The highest BCUT2D eigenvalue weighted by atomic mass is 35.5. The Morgan fingerprint density at radius 3 is 2.69 bits per heavy atom. The number of aryl methyl sites for hydroxylation is 1. The first-order chi connectivity index (χ1) is 21.5. The van der Waals surface area contributed by atoms with Gasteiger partial charge < -0.3 is 24.4 Å². The van der Waals surface area contributed by atoms with Crippen LogP contribution >= 0.6 is 11.6 Å². The number of rotatable bonds is 8. The van der Waals surface area contributed by atoms with Gasteiger partial charge in [-0.2, -0.15) is 5.26 Å². The number of pyridine rings is 2. The van der Waals surface area contributed by atoms with E-state index in [1.54, 1.807) is 41.4 Å². The number of benzene rings is 2. The summed E-state index contributed by atoms with van der Waals surface area (Å²) in [4.78, 5) is 26.4. The largest absolute Gasteiger partial charge is 0.493 e. The summed E-state index contributed by atoms with van der Waals surface area (Å²) in [5.74, 6) is 1.15. The number of hydrogen-bond acceptors (Lipinski definition) is 9. The molecule has 1 saturated heterocycles. The molecule has 0 radical (unpaired) electrons. The molecule has 1 fully saturated rings. The summed E-state index contributed by atoms with van der Waals surface area (Å²) < 4.78 is 17.5. The van der Waals surface area contributed by atoms with Gasteiger partial charge in [0.2, 0.25) is 0 Å². The van der Waals surface area contributed by atoms with Gasteiger partial charge in [0.15, 0.2) is 11.5 Å². The Labute approximate surface area is 268 Å². The molecule has 10 nitrogen and oxygen atoms in total. The van der Waals surface area contributed by atoms with Gasteiger partial charge in [-0.25, -0.2) is 4.79 Å². The fourth-order valence-electron chi connectivity index (χ4n) is 5.59. The van der Waals surface area contributed by atoms with Gasteiger partial charge in [-0.1, -0.05) is 24.6 Å². The molecule has 0 saturated carbocycles. The third kappa shape index (κ3) is 6.75. The van der Waals surface area contributed by atoms with Crippen LogP contribution in [0, 0.1) is 18.3 Å². The van der Waals surface area contributed by atoms with Crippen LogP contribution in [0.3, 0.4) is 0 Å². The lowest BCUT2D eigenvalue weighted by Gasteiger charge is -2.49. The van der Waals surface area contributed by atoms with E-state index in [9.17, 15) is 10.1 Å². The molecule has 2 aromatic carbocycles. The first-order valence-corrected chi connectivity index (χ1v) is 15.2. The maximum absolute atomic E-state index is 13.4. The topological polar surface area (TPSA) is 113 Å². The van der Waals surface area contributed by atoms with Crippen LogP contribution in [0.15, 0.2) is 54.9 Å². The van der Waals surface area contributed by atoms with Gasteiger partial charge in [-0.05, 0) is 64.1 Å². The molecule has 4 aromatic rings. The van der Waals surface area contributed by atoms with E-state index >= 15 is 0 Å². The van der Waals surface area contributed by atoms with Crippen LogP contribution in [-0.2, 0) is 6.61 Å². The van der Waals surface area contributed by atoms with Crippen molar-refractivity contribution in [3.05, 3.63) is 76.7 Å². The van der Waals surface area contributed by atoms with Crippen LogP contribution in [0.2, 0.25) is 5.02 Å². The third-order valence-electron chi connectivity index (χ3n) is 8.21. The molecule has 1 aliphatic heterocycles. The Kier molecular flexibility index (Phi) is 9.32. The van der Waals surface area contributed by atoms with Crippen molar-refractivity contribution >= 4 is 40.0 Å². The number of fused-ring (bicyclic) bond motifs is 1. The number of carbonyl (C=O) groups is 1. The lowest BCUT2D eigenvalue weighted by molar-refractivity contribution is 0.000951. The molecule has 1 aliphatic rings. The molecular weight excluding hydrogens is 592 g/mol. The number of aromatic nitrogens is 2. The molecular formula is C34H37ClN6O4. The Bertz CT molecular complexity index is 1770. The summed E-state index contributed by atoms with van der Waals surface area (Å²) in [7, 11) is 1.50.